The Morgan fingerprint density at radius 1 is 1.10 bits per heavy atom. The number of aromatic nitrogens is 2. The third-order valence-corrected chi connectivity index (χ3v) is 5.21. The Bertz CT molecular complexity index is 1300. The summed E-state index contributed by atoms with van der Waals surface area (Å²) in [4.78, 5) is 18.0. The summed E-state index contributed by atoms with van der Waals surface area (Å²) in [5, 5.41) is 5.58. The number of para-hydroxylation sites is 1. The molecule has 156 valence electrons. The Morgan fingerprint density at radius 3 is 2.61 bits per heavy atom. The van der Waals surface area contributed by atoms with E-state index in [0.717, 1.165) is 12.0 Å². The van der Waals surface area contributed by atoms with Crippen LogP contribution in [-0.2, 0) is 0 Å². The molecule has 1 atom stereocenters. The maximum atomic E-state index is 13.3. The Morgan fingerprint density at radius 2 is 1.84 bits per heavy atom. The van der Waals surface area contributed by atoms with Crippen molar-refractivity contribution in [3.63, 3.8) is 0 Å². The van der Waals surface area contributed by atoms with Crippen molar-refractivity contribution in [1.82, 2.24) is 9.66 Å². The Labute approximate surface area is 185 Å². The van der Waals surface area contributed by atoms with Crippen LogP contribution in [0.15, 0.2) is 82.7 Å². The van der Waals surface area contributed by atoms with Crippen molar-refractivity contribution in [3.05, 3.63) is 93.7 Å². The molecule has 5 nitrogen and oxygen atoms in total. The molecule has 0 aliphatic heterocycles. The lowest BCUT2D eigenvalue weighted by Gasteiger charge is -2.15. The van der Waals surface area contributed by atoms with Gasteiger partial charge in [-0.2, -0.15) is 9.78 Å². The minimum absolute atomic E-state index is 0.0401. The first kappa shape index (κ1) is 20.8. The third kappa shape index (κ3) is 4.52. The molecule has 0 saturated carbocycles. The predicted octanol–water partition coefficient (Wildman–Crippen LogP) is 5.78. The van der Waals surface area contributed by atoms with E-state index in [2.05, 4.69) is 12.0 Å². The first-order valence-electron chi connectivity index (χ1n) is 10.1. The highest BCUT2D eigenvalue weighted by Gasteiger charge is 2.13. The molecule has 0 spiro atoms. The van der Waals surface area contributed by atoms with Gasteiger partial charge in [-0.3, -0.25) is 4.79 Å². The average molecular weight is 432 g/mol. The van der Waals surface area contributed by atoms with E-state index in [1.54, 1.807) is 24.4 Å². The summed E-state index contributed by atoms with van der Waals surface area (Å²) >= 11 is 6.21. The lowest BCUT2D eigenvalue weighted by molar-refractivity contribution is 0.217. The van der Waals surface area contributed by atoms with Crippen LogP contribution < -0.4 is 10.3 Å². The minimum Gasteiger partial charge on any atom is -0.490 e. The van der Waals surface area contributed by atoms with Crippen LogP contribution in [-0.4, -0.2) is 22.0 Å². The number of rotatable bonds is 6. The summed E-state index contributed by atoms with van der Waals surface area (Å²) in [6.07, 6.45) is 2.50. The number of hydrogen-bond acceptors (Lipinski definition) is 4. The maximum absolute atomic E-state index is 13.3. The molecule has 0 N–H and O–H groups in total. The van der Waals surface area contributed by atoms with Crippen molar-refractivity contribution in [3.8, 4) is 17.1 Å². The minimum atomic E-state index is -0.243. The van der Waals surface area contributed by atoms with E-state index in [1.165, 1.54) is 4.68 Å². The molecular formula is C25H22ClN3O2. The molecule has 0 fully saturated rings. The summed E-state index contributed by atoms with van der Waals surface area (Å²) in [5.74, 6) is 1.12. The van der Waals surface area contributed by atoms with Crippen molar-refractivity contribution < 1.29 is 4.74 Å². The van der Waals surface area contributed by atoms with Crippen LogP contribution in [0, 0.1) is 0 Å². The van der Waals surface area contributed by atoms with E-state index in [4.69, 9.17) is 21.3 Å². The first-order valence-corrected chi connectivity index (χ1v) is 10.5. The molecule has 3 aromatic carbocycles. The van der Waals surface area contributed by atoms with Crippen LogP contribution in [0.25, 0.3) is 22.3 Å². The van der Waals surface area contributed by atoms with Crippen molar-refractivity contribution in [2.75, 3.05) is 0 Å². The molecule has 31 heavy (non-hydrogen) atoms. The van der Waals surface area contributed by atoms with E-state index in [-0.39, 0.29) is 11.7 Å². The summed E-state index contributed by atoms with van der Waals surface area (Å²) in [7, 11) is 0. The highest BCUT2D eigenvalue weighted by Crippen LogP contribution is 2.24. The highest BCUT2D eigenvalue weighted by molar-refractivity contribution is 6.30. The van der Waals surface area contributed by atoms with Gasteiger partial charge in [0, 0.05) is 16.1 Å². The van der Waals surface area contributed by atoms with Gasteiger partial charge in [-0.1, -0.05) is 61.0 Å². The molecular weight excluding hydrogens is 410 g/mol. The van der Waals surface area contributed by atoms with Gasteiger partial charge in [-0.25, -0.2) is 4.98 Å². The van der Waals surface area contributed by atoms with Gasteiger partial charge < -0.3 is 4.74 Å². The fourth-order valence-electron chi connectivity index (χ4n) is 3.15. The molecule has 1 heterocycles. The Balaban J connectivity index is 1.87. The number of fused-ring (bicyclic) bond motifs is 1. The fourth-order valence-corrected chi connectivity index (χ4v) is 3.33. The molecule has 0 unspecified atom stereocenters. The number of nitrogens with zero attached hydrogens (tertiary/aromatic N) is 3. The number of ether oxygens (including phenoxy) is 1. The van der Waals surface area contributed by atoms with Crippen molar-refractivity contribution in [1.29, 1.82) is 0 Å². The monoisotopic (exact) mass is 431 g/mol. The van der Waals surface area contributed by atoms with Crippen LogP contribution in [0.5, 0.6) is 5.75 Å². The van der Waals surface area contributed by atoms with Crippen LogP contribution in [0.1, 0.15) is 25.8 Å². The van der Waals surface area contributed by atoms with Gasteiger partial charge in [0.05, 0.1) is 23.2 Å². The summed E-state index contributed by atoms with van der Waals surface area (Å²) in [5.41, 5.74) is 1.87. The van der Waals surface area contributed by atoms with Gasteiger partial charge in [0.15, 0.2) is 5.82 Å². The zero-order valence-electron chi connectivity index (χ0n) is 17.3. The second-order valence-electron chi connectivity index (χ2n) is 7.20. The van der Waals surface area contributed by atoms with Crippen molar-refractivity contribution in [2.45, 2.75) is 26.4 Å². The van der Waals surface area contributed by atoms with Crippen molar-refractivity contribution >= 4 is 28.7 Å². The van der Waals surface area contributed by atoms with Crippen LogP contribution >= 0.6 is 11.6 Å². The maximum Gasteiger partial charge on any atom is 0.282 e. The van der Waals surface area contributed by atoms with E-state index < -0.39 is 0 Å². The van der Waals surface area contributed by atoms with Crippen LogP contribution in [0.3, 0.4) is 0 Å². The molecule has 0 radical (unpaired) electrons. The van der Waals surface area contributed by atoms with E-state index in [9.17, 15) is 4.79 Å². The molecule has 1 aromatic heterocycles. The second-order valence-corrected chi connectivity index (χ2v) is 7.64. The standard InChI is InChI=1S/C25H22ClN3O2/c1-3-17(2)31-23-14-13-20(26)15-19(23)16-27-29-24(18-9-5-4-6-10-18)28-22-12-8-7-11-21(22)25(29)30/h4-17H,3H2,1-2H3/t17-/m1/s1. The SMILES string of the molecule is CC[C@@H](C)Oc1ccc(Cl)cc1C=Nn1c(-c2ccccc2)nc2ccccc2c1=O. The van der Waals surface area contributed by atoms with Gasteiger partial charge in [-0.05, 0) is 43.7 Å². The van der Waals surface area contributed by atoms with Gasteiger partial charge in [0.1, 0.15) is 5.75 Å². The summed E-state index contributed by atoms with van der Waals surface area (Å²) in [6, 6.07) is 22.1. The third-order valence-electron chi connectivity index (χ3n) is 4.97. The quantitative estimate of drug-likeness (QED) is 0.364. The normalized spacial score (nSPS) is 12.4. The van der Waals surface area contributed by atoms with Gasteiger partial charge in [0.2, 0.25) is 0 Å². The molecule has 0 bridgehead atoms. The highest BCUT2D eigenvalue weighted by atomic mass is 35.5. The lowest BCUT2D eigenvalue weighted by atomic mass is 10.2. The molecule has 4 rings (SSSR count). The zero-order chi connectivity index (χ0) is 21.8. The molecule has 0 saturated heterocycles. The van der Waals surface area contributed by atoms with E-state index >= 15 is 0 Å². The Hall–Kier alpha value is -3.44. The number of benzene rings is 3. The van der Waals surface area contributed by atoms with E-state index in [1.807, 2.05) is 61.5 Å². The largest absolute Gasteiger partial charge is 0.490 e. The second kappa shape index (κ2) is 9.14. The van der Waals surface area contributed by atoms with Crippen molar-refractivity contribution in [2.24, 2.45) is 5.10 Å². The molecule has 0 aliphatic carbocycles. The number of hydrogen-bond donors (Lipinski definition) is 0. The van der Waals surface area contributed by atoms with Gasteiger partial charge in [0.25, 0.3) is 5.56 Å². The lowest BCUT2D eigenvalue weighted by Crippen LogP contribution is -2.20. The van der Waals surface area contributed by atoms with Crippen LogP contribution in [0.4, 0.5) is 0 Å². The Kier molecular flexibility index (Phi) is 6.14. The molecule has 6 heteroatoms. The molecule has 4 aromatic rings. The fraction of sp³-hybridized carbons (Fsp3) is 0.160. The predicted molar refractivity (Wildman–Crippen MR) is 126 cm³/mol. The summed E-state index contributed by atoms with van der Waals surface area (Å²) in [6.45, 7) is 4.06. The number of halogens is 1. The summed E-state index contributed by atoms with van der Waals surface area (Å²) < 4.78 is 7.33. The smallest absolute Gasteiger partial charge is 0.282 e. The topological polar surface area (TPSA) is 56.5 Å². The van der Waals surface area contributed by atoms with E-state index in [0.29, 0.717) is 33.1 Å². The average Bonchev–Trinajstić information content (AvgIpc) is 2.80. The van der Waals surface area contributed by atoms with Gasteiger partial charge in [-0.15, -0.1) is 0 Å². The molecule has 0 aliphatic rings. The van der Waals surface area contributed by atoms with Gasteiger partial charge >= 0.3 is 0 Å². The molecule has 0 amide bonds. The zero-order valence-corrected chi connectivity index (χ0v) is 18.1. The first-order chi connectivity index (χ1) is 15.1. The van der Waals surface area contributed by atoms with Crippen LogP contribution in [0.2, 0.25) is 5.02 Å².